The van der Waals surface area contributed by atoms with Crippen LogP contribution in [0.3, 0.4) is 0 Å². The van der Waals surface area contributed by atoms with E-state index < -0.39 is 6.61 Å². The lowest BCUT2D eigenvalue weighted by atomic mass is 10.1. The van der Waals surface area contributed by atoms with Crippen LogP contribution in [0.15, 0.2) is 47.1 Å². The van der Waals surface area contributed by atoms with Crippen molar-refractivity contribution in [1.82, 2.24) is 5.32 Å². The van der Waals surface area contributed by atoms with Gasteiger partial charge in [-0.1, -0.05) is 6.07 Å². The second kappa shape index (κ2) is 8.71. The highest BCUT2D eigenvalue weighted by molar-refractivity contribution is 5.91. The molecule has 0 spiro atoms. The van der Waals surface area contributed by atoms with Gasteiger partial charge in [-0.2, -0.15) is 8.78 Å². The van der Waals surface area contributed by atoms with E-state index in [2.05, 4.69) is 10.1 Å². The molecule has 0 atom stereocenters. The van der Waals surface area contributed by atoms with Gasteiger partial charge >= 0.3 is 6.61 Å². The molecule has 1 aromatic heterocycles. The minimum Gasteiger partial charge on any atom is -0.493 e. The van der Waals surface area contributed by atoms with Crippen molar-refractivity contribution in [3.05, 3.63) is 54.0 Å². The van der Waals surface area contributed by atoms with Gasteiger partial charge in [0.2, 0.25) is 5.91 Å². The minimum absolute atomic E-state index is 0.0333. The number of rotatable bonds is 8. The number of amides is 1. The minimum atomic E-state index is -2.93. The quantitative estimate of drug-likeness (QED) is 0.751. The van der Waals surface area contributed by atoms with Crippen LogP contribution in [0.5, 0.6) is 11.5 Å². The number of alkyl halides is 2. The van der Waals surface area contributed by atoms with Crippen LogP contribution >= 0.6 is 0 Å². The monoisotopic (exact) mass is 337 g/mol. The van der Waals surface area contributed by atoms with Crippen molar-refractivity contribution in [3.63, 3.8) is 0 Å². The number of benzene rings is 1. The molecule has 0 saturated heterocycles. The second-order valence-electron chi connectivity index (χ2n) is 4.75. The van der Waals surface area contributed by atoms with Crippen molar-refractivity contribution >= 4 is 12.0 Å². The second-order valence-corrected chi connectivity index (χ2v) is 4.75. The molecule has 0 unspecified atom stereocenters. The van der Waals surface area contributed by atoms with Gasteiger partial charge in [0, 0.05) is 12.6 Å². The van der Waals surface area contributed by atoms with Gasteiger partial charge in [-0.25, -0.2) is 0 Å². The van der Waals surface area contributed by atoms with Gasteiger partial charge < -0.3 is 19.2 Å². The predicted octanol–water partition coefficient (Wildman–Crippen LogP) is 3.26. The zero-order chi connectivity index (χ0) is 17.4. The number of carbonyl (C=O) groups is 1. The molecule has 7 heteroatoms. The average molecular weight is 337 g/mol. The van der Waals surface area contributed by atoms with Crippen molar-refractivity contribution in [1.29, 1.82) is 0 Å². The Morgan fingerprint density at radius 3 is 2.83 bits per heavy atom. The number of hydrogen-bond donors (Lipinski definition) is 1. The molecule has 0 aliphatic heterocycles. The molecule has 0 aliphatic carbocycles. The number of hydrogen-bond acceptors (Lipinski definition) is 4. The molecule has 0 aliphatic rings. The molecule has 0 saturated carbocycles. The summed E-state index contributed by atoms with van der Waals surface area (Å²) in [6.45, 7) is -2.58. The summed E-state index contributed by atoms with van der Waals surface area (Å²) in [5.41, 5.74) is 0.738. The number of halogens is 2. The maximum Gasteiger partial charge on any atom is 0.387 e. The summed E-state index contributed by atoms with van der Waals surface area (Å²) in [7, 11) is 1.37. The lowest BCUT2D eigenvalue weighted by molar-refractivity contribution is -0.116. The molecule has 0 bridgehead atoms. The molecular formula is C17H17F2NO4. The predicted molar refractivity (Wildman–Crippen MR) is 84.1 cm³/mol. The largest absolute Gasteiger partial charge is 0.493 e. The maximum atomic E-state index is 12.4. The highest BCUT2D eigenvalue weighted by Crippen LogP contribution is 2.29. The number of methoxy groups -OCH3 is 1. The van der Waals surface area contributed by atoms with Gasteiger partial charge in [0.05, 0.1) is 13.4 Å². The maximum absolute atomic E-state index is 12.4. The first-order chi connectivity index (χ1) is 11.6. The van der Waals surface area contributed by atoms with Crippen LogP contribution in [0.1, 0.15) is 11.3 Å². The van der Waals surface area contributed by atoms with E-state index in [1.165, 1.54) is 25.5 Å². The molecule has 0 fully saturated rings. The molecule has 128 valence electrons. The molecule has 1 aromatic carbocycles. The van der Waals surface area contributed by atoms with Crippen LogP contribution in [0.2, 0.25) is 0 Å². The lowest BCUT2D eigenvalue weighted by Gasteiger charge is -2.11. The summed E-state index contributed by atoms with van der Waals surface area (Å²) in [4.78, 5) is 11.7. The average Bonchev–Trinajstić information content (AvgIpc) is 3.06. The lowest BCUT2D eigenvalue weighted by Crippen LogP contribution is -2.23. The fourth-order valence-electron chi connectivity index (χ4n) is 2.00. The van der Waals surface area contributed by atoms with Crippen LogP contribution in [-0.2, 0) is 11.2 Å². The summed E-state index contributed by atoms with van der Waals surface area (Å²) < 4.78 is 39.2. The zero-order valence-corrected chi connectivity index (χ0v) is 13.0. The molecule has 1 amide bonds. The van der Waals surface area contributed by atoms with E-state index in [1.807, 2.05) is 0 Å². The van der Waals surface area contributed by atoms with Crippen LogP contribution in [0.4, 0.5) is 8.78 Å². The SMILES string of the molecule is COc1ccc(CCNC(=O)C=Cc2ccco2)cc1OC(F)F. The number of ether oxygens (including phenoxy) is 2. The van der Waals surface area contributed by atoms with Crippen molar-refractivity contribution in [2.24, 2.45) is 0 Å². The molecule has 0 radical (unpaired) electrons. The van der Waals surface area contributed by atoms with E-state index in [0.29, 0.717) is 18.7 Å². The van der Waals surface area contributed by atoms with Crippen LogP contribution in [-0.4, -0.2) is 26.2 Å². The standard InChI is InChI=1S/C17H17F2NO4/c1-22-14-6-4-12(11-15(14)24-17(18)19)8-9-20-16(21)7-5-13-3-2-10-23-13/h2-7,10-11,17H,8-9H2,1H3,(H,20,21). The fourth-order valence-corrected chi connectivity index (χ4v) is 2.00. The third-order valence-corrected chi connectivity index (χ3v) is 3.10. The molecule has 2 rings (SSSR count). The Hall–Kier alpha value is -2.83. The smallest absolute Gasteiger partial charge is 0.387 e. The van der Waals surface area contributed by atoms with Crippen molar-refractivity contribution in [3.8, 4) is 11.5 Å². The number of carbonyl (C=O) groups excluding carboxylic acids is 1. The molecule has 5 nitrogen and oxygen atoms in total. The third-order valence-electron chi connectivity index (χ3n) is 3.10. The Labute approximate surface area is 137 Å². The molecule has 1 N–H and O–H groups in total. The Morgan fingerprint density at radius 2 is 2.17 bits per heavy atom. The first-order valence-corrected chi connectivity index (χ1v) is 7.19. The van der Waals surface area contributed by atoms with Crippen molar-refractivity contribution in [2.75, 3.05) is 13.7 Å². The molecule has 24 heavy (non-hydrogen) atoms. The summed E-state index contributed by atoms with van der Waals surface area (Å²) in [5.74, 6) is 0.497. The highest BCUT2D eigenvalue weighted by atomic mass is 19.3. The third kappa shape index (κ3) is 5.42. The van der Waals surface area contributed by atoms with E-state index in [9.17, 15) is 13.6 Å². The number of nitrogens with one attached hydrogen (secondary N) is 1. The summed E-state index contributed by atoms with van der Waals surface area (Å²) in [6.07, 6.45) is 4.89. The summed E-state index contributed by atoms with van der Waals surface area (Å²) in [6, 6.07) is 8.19. The molecular weight excluding hydrogens is 320 g/mol. The molecule has 2 aromatic rings. The van der Waals surface area contributed by atoms with Crippen LogP contribution < -0.4 is 14.8 Å². The van der Waals surface area contributed by atoms with E-state index in [1.54, 1.807) is 30.3 Å². The first-order valence-electron chi connectivity index (χ1n) is 7.19. The Kier molecular flexibility index (Phi) is 6.36. The zero-order valence-electron chi connectivity index (χ0n) is 13.0. The molecule has 1 heterocycles. The topological polar surface area (TPSA) is 60.7 Å². The van der Waals surface area contributed by atoms with E-state index in [0.717, 1.165) is 5.56 Å². The normalized spacial score (nSPS) is 11.0. The highest BCUT2D eigenvalue weighted by Gasteiger charge is 2.11. The van der Waals surface area contributed by atoms with Gasteiger partial charge in [-0.15, -0.1) is 0 Å². The van der Waals surface area contributed by atoms with Gasteiger partial charge in [-0.3, -0.25) is 4.79 Å². The summed E-state index contributed by atoms with van der Waals surface area (Å²) in [5, 5.41) is 2.69. The summed E-state index contributed by atoms with van der Waals surface area (Å²) >= 11 is 0. The van der Waals surface area contributed by atoms with E-state index in [4.69, 9.17) is 9.15 Å². The number of furan rings is 1. The van der Waals surface area contributed by atoms with Gasteiger partial charge in [0.15, 0.2) is 11.5 Å². The van der Waals surface area contributed by atoms with Gasteiger partial charge in [0.1, 0.15) is 5.76 Å². The fraction of sp³-hybridized carbons (Fsp3) is 0.235. The van der Waals surface area contributed by atoms with Crippen LogP contribution in [0.25, 0.3) is 6.08 Å². The first kappa shape index (κ1) is 17.5. The van der Waals surface area contributed by atoms with Crippen LogP contribution in [0, 0.1) is 0 Å². The van der Waals surface area contributed by atoms with Gasteiger partial charge in [-0.05, 0) is 42.3 Å². The van der Waals surface area contributed by atoms with Crippen molar-refractivity contribution in [2.45, 2.75) is 13.0 Å². The van der Waals surface area contributed by atoms with Crippen molar-refractivity contribution < 1.29 is 27.5 Å². The Balaban J connectivity index is 1.86. The Bertz CT molecular complexity index is 684. The van der Waals surface area contributed by atoms with E-state index in [-0.39, 0.29) is 17.4 Å². The van der Waals surface area contributed by atoms with Gasteiger partial charge in [0.25, 0.3) is 0 Å². The Morgan fingerprint density at radius 1 is 1.33 bits per heavy atom. The van der Waals surface area contributed by atoms with E-state index >= 15 is 0 Å².